The highest BCUT2D eigenvalue weighted by atomic mass is 32.2. The van der Waals surface area contributed by atoms with Crippen molar-refractivity contribution in [2.75, 3.05) is 25.1 Å². The molecule has 16 heavy (non-hydrogen) atoms. The number of amides is 1. The molecule has 0 saturated carbocycles. The van der Waals surface area contributed by atoms with Gasteiger partial charge in [0, 0.05) is 13.1 Å². The molecule has 92 valence electrons. The number of nitrogens with zero attached hydrogens (tertiary/aromatic N) is 1. The molecule has 0 aliphatic carbocycles. The maximum Gasteiger partial charge on any atom is 0.239 e. The zero-order valence-electron chi connectivity index (χ0n) is 9.48. The van der Waals surface area contributed by atoms with Crippen LogP contribution in [0.15, 0.2) is 0 Å². The topological polar surface area (TPSA) is 66.5 Å². The van der Waals surface area contributed by atoms with Gasteiger partial charge >= 0.3 is 0 Å². The summed E-state index contributed by atoms with van der Waals surface area (Å²) in [5, 5.41) is 3.14. The summed E-state index contributed by atoms with van der Waals surface area (Å²) in [6.07, 6.45) is 2.47. The van der Waals surface area contributed by atoms with E-state index in [0.29, 0.717) is 6.42 Å². The maximum absolute atomic E-state index is 12.0. The first-order valence-corrected chi connectivity index (χ1v) is 7.52. The van der Waals surface area contributed by atoms with Crippen LogP contribution in [-0.4, -0.2) is 56.4 Å². The number of rotatable bonds is 2. The molecule has 0 bridgehead atoms. The van der Waals surface area contributed by atoms with E-state index in [9.17, 15) is 13.2 Å². The van der Waals surface area contributed by atoms with Crippen LogP contribution in [-0.2, 0) is 14.6 Å². The Morgan fingerprint density at radius 3 is 2.62 bits per heavy atom. The first kappa shape index (κ1) is 11.9. The third-order valence-corrected chi connectivity index (χ3v) is 5.21. The van der Waals surface area contributed by atoms with Crippen molar-refractivity contribution in [3.63, 3.8) is 0 Å². The van der Waals surface area contributed by atoms with Crippen LogP contribution in [0.5, 0.6) is 0 Å². The summed E-state index contributed by atoms with van der Waals surface area (Å²) in [6, 6.07) is -0.229. The Balaban J connectivity index is 1.97. The maximum atomic E-state index is 12.0. The van der Waals surface area contributed by atoms with Crippen LogP contribution in [0.25, 0.3) is 0 Å². The number of sulfone groups is 1. The van der Waals surface area contributed by atoms with E-state index >= 15 is 0 Å². The van der Waals surface area contributed by atoms with E-state index in [1.807, 2.05) is 0 Å². The van der Waals surface area contributed by atoms with Gasteiger partial charge in [0.15, 0.2) is 9.84 Å². The highest BCUT2D eigenvalue weighted by Crippen LogP contribution is 2.18. The number of likely N-dealkylation sites (N-methyl/N-ethyl adjacent to an activating group) is 1. The molecule has 1 N–H and O–H groups in total. The van der Waals surface area contributed by atoms with Crippen molar-refractivity contribution in [3.8, 4) is 0 Å². The Morgan fingerprint density at radius 1 is 1.38 bits per heavy atom. The number of carbonyl (C=O) groups is 1. The minimum Gasteiger partial charge on any atom is -0.340 e. The monoisotopic (exact) mass is 246 g/mol. The predicted molar refractivity (Wildman–Crippen MR) is 60.9 cm³/mol. The van der Waals surface area contributed by atoms with Gasteiger partial charge in [0.1, 0.15) is 0 Å². The lowest BCUT2D eigenvalue weighted by molar-refractivity contribution is -0.133. The minimum absolute atomic E-state index is 0.0413. The summed E-state index contributed by atoms with van der Waals surface area (Å²) in [5.41, 5.74) is 0. The third-order valence-electron chi connectivity index (χ3n) is 3.46. The van der Waals surface area contributed by atoms with Crippen LogP contribution < -0.4 is 5.32 Å². The average Bonchev–Trinajstić information content (AvgIpc) is 2.84. The lowest BCUT2D eigenvalue weighted by atomic mass is 10.1. The first-order chi connectivity index (χ1) is 7.49. The Hall–Kier alpha value is -0.620. The van der Waals surface area contributed by atoms with Crippen molar-refractivity contribution < 1.29 is 13.2 Å². The van der Waals surface area contributed by atoms with E-state index in [0.717, 1.165) is 19.4 Å². The largest absolute Gasteiger partial charge is 0.340 e. The molecule has 0 aromatic carbocycles. The standard InChI is InChI=1S/C10H18N2O3S/c1-12(8-4-6-16(14,15)7-8)10(13)9-3-2-5-11-9/h8-9,11H,2-7H2,1H3. The molecule has 0 aromatic heterocycles. The molecule has 0 aromatic rings. The summed E-state index contributed by atoms with van der Waals surface area (Å²) < 4.78 is 22.7. The molecule has 0 spiro atoms. The second kappa shape index (κ2) is 4.33. The quantitative estimate of drug-likeness (QED) is 0.705. The molecule has 2 aliphatic rings. The van der Waals surface area contributed by atoms with E-state index in [-0.39, 0.29) is 29.5 Å². The van der Waals surface area contributed by atoms with Gasteiger partial charge in [-0.05, 0) is 25.8 Å². The Morgan fingerprint density at radius 2 is 2.12 bits per heavy atom. The van der Waals surface area contributed by atoms with E-state index in [2.05, 4.69) is 5.32 Å². The Kier molecular flexibility index (Phi) is 3.21. The van der Waals surface area contributed by atoms with Gasteiger partial charge in [-0.3, -0.25) is 4.79 Å². The van der Waals surface area contributed by atoms with Crippen molar-refractivity contribution in [2.45, 2.75) is 31.3 Å². The Bertz CT molecular complexity index is 374. The van der Waals surface area contributed by atoms with Gasteiger partial charge < -0.3 is 10.2 Å². The minimum atomic E-state index is -2.91. The van der Waals surface area contributed by atoms with Crippen molar-refractivity contribution in [1.82, 2.24) is 10.2 Å². The summed E-state index contributed by atoms with van der Waals surface area (Å²) in [5.74, 6) is 0.384. The zero-order chi connectivity index (χ0) is 11.8. The van der Waals surface area contributed by atoms with Gasteiger partial charge in [-0.2, -0.15) is 0 Å². The third kappa shape index (κ3) is 2.38. The van der Waals surface area contributed by atoms with Gasteiger partial charge in [0.05, 0.1) is 17.5 Å². The van der Waals surface area contributed by atoms with Crippen LogP contribution in [0, 0.1) is 0 Å². The second-order valence-electron chi connectivity index (χ2n) is 4.65. The van der Waals surface area contributed by atoms with Crippen LogP contribution in [0.4, 0.5) is 0 Å². The SMILES string of the molecule is CN(C(=O)C1CCCN1)C1CCS(=O)(=O)C1. The van der Waals surface area contributed by atoms with Crippen molar-refractivity contribution >= 4 is 15.7 Å². The molecule has 5 nitrogen and oxygen atoms in total. The Labute approximate surface area is 96.1 Å². The van der Waals surface area contributed by atoms with Crippen molar-refractivity contribution in [2.24, 2.45) is 0 Å². The van der Waals surface area contributed by atoms with Crippen LogP contribution in [0.2, 0.25) is 0 Å². The first-order valence-electron chi connectivity index (χ1n) is 5.70. The van der Waals surface area contributed by atoms with Crippen LogP contribution in [0.3, 0.4) is 0 Å². The van der Waals surface area contributed by atoms with Gasteiger partial charge in [-0.25, -0.2) is 8.42 Å². The van der Waals surface area contributed by atoms with E-state index in [1.54, 1.807) is 11.9 Å². The van der Waals surface area contributed by atoms with Crippen LogP contribution in [0.1, 0.15) is 19.3 Å². The molecule has 2 saturated heterocycles. The lowest BCUT2D eigenvalue weighted by Gasteiger charge is -2.26. The molecule has 2 heterocycles. The normalized spacial score (nSPS) is 32.8. The average molecular weight is 246 g/mol. The number of hydrogen-bond acceptors (Lipinski definition) is 4. The van der Waals surface area contributed by atoms with E-state index in [1.165, 1.54) is 0 Å². The fraction of sp³-hybridized carbons (Fsp3) is 0.900. The van der Waals surface area contributed by atoms with E-state index < -0.39 is 9.84 Å². The molecule has 2 fully saturated rings. The predicted octanol–water partition coefficient (Wildman–Crippen LogP) is -0.616. The highest BCUT2D eigenvalue weighted by Gasteiger charge is 2.35. The molecule has 2 unspecified atom stereocenters. The van der Waals surface area contributed by atoms with Crippen molar-refractivity contribution in [3.05, 3.63) is 0 Å². The molecule has 2 rings (SSSR count). The molecule has 2 atom stereocenters. The molecule has 6 heteroatoms. The van der Waals surface area contributed by atoms with Gasteiger partial charge in [0.2, 0.25) is 5.91 Å². The summed E-state index contributed by atoms with van der Waals surface area (Å²) in [7, 11) is -1.20. The number of hydrogen-bond donors (Lipinski definition) is 1. The van der Waals surface area contributed by atoms with E-state index in [4.69, 9.17) is 0 Å². The highest BCUT2D eigenvalue weighted by molar-refractivity contribution is 7.91. The second-order valence-corrected chi connectivity index (χ2v) is 6.88. The van der Waals surface area contributed by atoms with Gasteiger partial charge in [-0.1, -0.05) is 0 Å². The van der Waals surface area contributed by atoms with Crippen LogP contribution >= 0.6 is 0 Å². The molecule has 2 aliphatic heterocycles. The smallest absolute Gasteiger partial charge is 0.239 e. The van der Waals surface area contributed by atoms with Gasteiger partial charge in [0.25, 0.3) is 0 Å². The lowest BCUT2D eigenvalue weighted by Crippen LogP contribution is -2.46. The fourth-order valence-corrected chi connectivity index (χ4v) is 4.18. The molecular weight excluding hydrogens is 228 g/mol. The fourth-order valence-electron chi connectivity index (χ4n) is 2.40. The molecule has 0 radical (unpaired) electrons. The van der Waals surface area contributed by atoms with Crippen molar-refractivity contribution in [1.29, 1.82) is 0 Å². The summed E-state index contributed by atoms with van der Waals surface area (Å²) in [4.78, 5) is 13.6. The van der Waals surface area contributed by atoms with Gasteiger partial charge in [-0.15, -0.1) is 0 Å². The summed E-state index contributed by atoms with van der Waals surface area (Å²) >= 11 is 0. The molecular formula is C10H18N2O3S. The number of carbonyl (C=O) groups excluding carboxylic acids is 1. The summed E-state index contributed by atoms with van der Waals surface area (Å²) in [6.45, 7) is 0.882. The zero-order valence-corrected chi connectivity index (χ0v) is 10.3. The molecule has 1 amide bonds. The number of nitrogens with one attached hydrogen (secondary N) is 1.